The summed E-state index contributed by atoms with van der Waals surface area (Å²) in [5.41, 5.74) is 2.93. The summed E-state index contributed by atoms with van der Waals surface area (Å²) in [5, 5.41) is 23.4. The molecular weight excluding hydrogens is 390 g/mol. The first-order valence-electron chi connectivity index (χ1n) is 9.79. The third-order valence-corrected chi connectivity index (χ3v) is 4.47. The molecule has 8 heteroatoms. The molecule has 4 aromatic rings. The van der Waals surface area contributed by atoms with Gasteiger partial charge in [-0.3, -0.25) is 10.1 Å². The summed E-state index contributed by atoms with van der Waals surface area (Å²) in [7, 11) is 0. The maximum absolute atomic E-state index is 9.86. The van der Waals surface area contributed by atoms with Gasteiger partial charge in [0, 0.05) is 35.3 Å². The Hall–Kier alpha value is -4.38. The Balaban J connectivity index is 1.60. The molecule has 3 N–H and O–H groups in total. The molecule has 4 rings (SSSR count). The molecule has 1 aromatic carbocycles. The summed E-state index contributed by atoms with van der Waals surface area (Å²) in [6.07, 6.45) is 3.42. The fraction of sp³-hybridized carbons (Fsp3) is 0.130. The molecule has 0 radical (unpaired) electrons. The van der Waals surface area contributed by atoms with Crippen molar-refractivity contribution in [1.82, 2.24) is 20.2 Å². The Morgan fingerprint density at radius 2 is 1.97 bits per heavy atom. The van der Waals surface area contributed by atoms with Gasteiger partial charge in [-0.1, -0.05) is 24.3 Å². The molecule has 0 aliphatic rings. The third kappa shape index (κ3) is 4.97. The van der Waals surface area contributed by atoms with Gasteiger partial charge < -0.3 is 15.4 Å². The Labute approximate surface area is 180 Å². The molecule has 0 spiro atoms. The van der Waals surface area contributed by atoms with E-state index in [1.165, 1.54) is 0 Å². The molecule has 0 amide bonds. The van der Waals surface area contributed by atoms with Gasteiger partial charge >= 0.3 is 0 Å². The van der Waals surface area contributed by atoms with Crippen molar-refractivity contribution < 1.29 is 4.74 Å². The van der Waals surface area contributed by atoms with Gasteiger partial charge in [0.05, 0.1) is 6.54 Å². The second-order valence-corrected chi connectivity index (χ2v) is 6.78. The highest BCUT2D eigenvalue weighted by Gasteiger charge is 2.15. The smallest absolute Gasteiger partial charge is 0.153 e. The lowest BCUT2D eigenvalue weighted by Crippen LogP contribution is -2.14. The van der Waals surface area contributed by atoms with E-state index in [0.29, 0.717) is 36.2 Å². The second kappa shape index (κ2) is 9.41. The van der Waals surface area contributed by atoms with E-state index in [0.717, 1.165) is 22.6 Å². The number of benzene rings is 1. The Kier molecular flexibility index (Phi) is 6.05. The van der Waals surface area contributed by atoms with E-state index in [1.807, 2.05) is 61.5 Å². The summed E-state index contributed by atoms with van der Waals surface area (Å²) < 4.78 is 5.73. The lowest BCUT2D eigenvalue weighted by molar-refractivity contribution is 0.333. The Bertz CT molecular complexity index is 1180. The average molecular weight is 411 g/mol. The lowest BCUT2D eigenvalue weighted by atomic mass is 10.0. The number of aryl methyl sites for hydroxylation is 1. The van der Waals surface area contributed by atoms with Crippen molar-refractivity contribution >= 4 is 17.5 Å². The number of nitrogens with zero attached hydrogens (tertiary/aromatic N) is 4. The van der Waals surface area contributed by atoms with E-state index in [1.54, 1.807) is 12.4 Å². The van der Waals surface area contributed by atoms with Gasteiger partial charge in [0.2, 0.25) is 0 Å². The summed E-state index contributed by atoms with van der Waals surface area (Å²) >= 11 is 0. The Morgan fingerprint density at radius 3 is 2.68 bits per heavy atom. The fourth-order valence-electron chi connectivity index (χ4n) is 3.07. The standard InChI is InChI=1S/C23H21N7O/c1-16-12-22(30-29-16)27-21-13-19(17-6-5-9-25-15-17)20(14-24)23(28-21)26-10-11-31-18-7-3-2-4-8-18/h2-9,12-13,15H,10-11H2,1H3,(H3,26,27,28,29,30). The minimum Gasteiger partial charge on any atom is -0.492 e. The van der Waals surface area contributed by atoms with Crippen molar-refractivity contribution in [3.63, 3.8) is 0 Å². The molecule has 0 bridgehead atoms. The molecule has 31 heavy (non-hydrogen) atoms. The largest absolute Gasteiger partial charge is 0.492 e. The molecule has 154 valence electrons. The van der Waals surface area contributed by atoms with Crippen LogP contribution < -0.4 is 15.4 Å². The third-order valence-electron chi connectivity index (χ3n) is 4.47. The van der Waals surface area contributed by atoms with Gasteiger partial charge in [-0.05, 0) is 31.2 Å². The van der Waals surface area contributed by atoms with Gasteiger partial charge in [0.1, 0.15) is 35.6 Å². The van der Waals surface area contributed by atoms with Crippen LogP contribution in [0.25, 0.3) is 11.1 Å². The van der Waals surface area contributed by atoms with E-state index in [9.17, 15) is 5.26 Å². The van der Waals surface area contributed by atoms with Crippen molar-refractivity contribution in [2.24, 2.45) is 0 Å². The predicted molar refractivity (Wildman–Crippen MR) is 119 cm³/mol. The van der Waals surface area contributed by atoms with Gasteiger partial charge in [0.15, 0.2) is 5.82 Å². The molecule has 3 heterocycles. The molecule has 0 saturated heterocycles. The number of nitriles is 1. The highest BCUT2D eigenvalue weighted by Crippen LogP contribution is 2.31. The van der Waals surface area contributed by atoms with Crippen molar-refractivity contribution in [3.05, 3.63) is 78.2 Å². The molecule has 0 atom stereocenters. The summed E-state index contributed by atoms with van der Waals surface area (Å²) in [6.45, 7) is 2.83. The van der Waals surface area contributed by atoms with Gasteiger partial charge in [-0.2, -0.15) is 10.4 Å². The number of hydrogen-bond acceptors (Lipinski definition) is 7. The van der Waals surface area contributed by atoms with Crippen LogP contribution >= 0.6 is 0 Å². The number of anilines is 3. The van der Waals surface area contributed by atoms with E-state index in [-0.39, 0.29) is 0 Å². The van der Waals surface area contributed by atoms with Crippen LogP contribution in [-0.2, 0) is 0 Å². The zero-order chi connectivity index (χ0) is 21.5. The number of para-hydroxylation sites is 1. The summed E-state index contributed by atoms with van der Waals surface area (Å²) in [4.78, 5) is 8.79. The highest BCUT2D eigenvalue weighted by molar-refractivity contribution is 5.79. The van der Waals surface area contributed by atoms with Crippen molar-refractivity contribution in [2.45, 2.75) is 6.92 Å². The minimum absolute atomic E-state index is 0.426. The minimum atomic E-state index is 0.426. The van der Waals surface area contributed by atoms with Crippen LogP contribution in [0.5, 0.6) is 5.75 Å². The van der Waals surface area contributed by atoms with E-state index in [4.69, 9.17) is 4.74 Å². The van der Waals surface area contributed by atoms with Crippen LogP contribution in [0.2, 0.25) is 0 Å². The van der Waals surface area contributed by atoms with Crippen LogP contribution in [-0.4, -0.2) is 33.3 Å². The first-order chi connectivity index (χ1) is 15.2. The summed E-state index contributed by atoms with van der Waals surface area (Å²) in [5.74, 6) is 2.47. The van der Waals surface area contributed by atoms with Crippen molar-refractivity contribution in [3.8, 4) is 22.9 Å². The molecular formula is C23H21N7O. The molecule has 8 nitrogen and oxygen atoms in total. The van der Waals surface area contributed by atoms with E-state index in [2.05, 4.69) is 36.9 Å². The molecule has 0 saturated carbocycles. The molecule has 0 fully saturated rings. The van der Waals surface area contributed by atoms with Gasteiger partial charge in [-0.15, -0.1) is 0 Å². The zero-order valence-electron chi connectivity index (χ0n) is 17.0. The highest BCUT2D eigenvalue weighted by atomic mass is 16.5. The number of hydrogen-bond donors (Lipinski definition) is 3. The number of aromatic amines is 1. The average Bonchev–Trinajstić information content (AvgIpc) is 3.22. The summed E-state index contributed by atoms with van der Waals surface area (Å²) in [6, 6.07) is 19.3. The maximum atomic E-state index is 9.86. The zero-order valence-corrected chi connectivity index (χ0v) is 17.0. The fourth-order valence-corrected chi connectivity index (χ4v) is 3.07. The second-order valence-electron chi connectivity index (χ2n) is 6.78. The molecule has 0 unspecified atom stereocenters. The number of aromatic nitrogens is 4. The monoisotopic (exact) mass is 411 g/mol. The number of H-pyrrole nitrogens is 1. The lowest BCUT2D eigenvalue weighted by Gasteiger charge is -2.14. The van der Waals surface area contributed by atoms with Crippen molar-refractivity contribution in [2.75, 3.05) is 23.8 Å². The number of ether oxygens (including phenoxy) is 1. The van der Waals surface area contributed by atoms with Crippen LogP contribution in [0.15, 0.2) is 67.0 Å². The molecule has 0 aliphatic carbocycles. The van der Waals surface area contributed by atoms with Crippen LogP contribution in [0.4, 0.5) is 17.5 Å². The number of pyridine rings is 2. The van der Waals surface area contributed by atoms with Crippen molar-refractivity contribution in [1.29, 1.82) is 5.26 Å². The van der Waals surface area contributed by atoms with Crippen LogP contribution in [0, 0.1) is 18.3 Å². The van der Waals surface area contributed by atoms with E-state index < -0.39 is 0 Å². The first-order valence-corrected chi connectivity index (χ1v) is 9.79. The maximum Gasteiger partial charge on any atom is 0.153 e. The van der Waals surface area contributed by atoms with Gasteiger partial charge in [0.25, 0.3) is 0 Å². The number of nitrogens with one attached hydrogen (secondary N) is 3. The predicted octanol–water partition coefficient (Wildman–Crippen LogP) is 4.28. The SMILES string of the molecule is Cc1cc(Nc2cc(-c3cccnc3)c(C#N)c(NCCOc3ccccc3)n2)n[nH]1. The van der Waals surface area contributed by atoms with Crippen LogP contribution in [0.3, 0.4) is 0 Å². The van der Waals surface area contributed by atoms with Gasteiger partial charge in [-0.25, -0.2) is 4.98 Å². The quantitative estimate of drug-likeness (QED) is 0.371. The molecule has 3 aromatic heterocycles. The Morgan fingerprint density at radius 1 is 1.10 bits per heavy atom. The van der Waals surface area contributed by atoms with E-state index >= 15 is 0 Å². The first kappa shape index (κ1) is 19.9. The number of rotatable bonds is 8. The molecule has 0 aliphatic heterocycles. The topological polar surface area (TPSA) is 112 Å². The normalized spacial score (nSPS) is 10.3. The van der Waals surface area contributed by atoms with Crippen LogP contribution in [0.1, 0.15) is 11.3 Å².